The fourth-order valence-corrected chi connectivity index (χ4v) is 1.26. The number of carbonyl (C=O) groups is 1. The van der Waals surface area contributed by atoms with Crippen LogP contribution < -0.4 is 4.89 Å². The molecule has 3 nitrogen and oxygen atoms in total. The SMILES string of the molecule is CC(=O)OOc1cc(C)cc(C(C)C)c1. The first-order chi connectivity index (χ1) is 6.99. The highest BCUT2D eigenvalue weighted by molar-refractivity contribution is 5.65. The average Bonchev–Trinajstić information content (AvgIpc) is 2.13. The van der Waals surface area contributed by atoms with Crippen LogP contribution >= 0.6 is 0 Å². The highest BCUT2D eigenvalue weighted by atomic mass is 17.2. The highest BCUT2D eigenvalue weighted by Gasteiger charge is 2.05. The molecule has 0 saturated heterocycles. The van der Waals surface area contributed by atoms with Crippen molar-refractivity contribution in [1.82, 2.24) is 0 Å². The average molecular weight is 208 g/mol. The Labute approximate surface area is 89.9 Å². The summed E-state index contributed by atoms with van der Waals surface area (Å²) in [5.41, 5.74) is 2.25. The molecule has 82 valence electrons. The van der Waals surface area contributed by atoms with Gasteiger partial charge in [-0.2, -0.15) is 0 Å². The topological polar surface area (TPSA) is 35.5 Å². The van der Waals surface area contributed by atoms with E-state index in [0.29, 0.717) is 11.7 Å². The summed E-state index contributed by atoms with van der Waals surface area (Å²) in [6, 6.07) is 5.79. The molecule has 0 aromatic heterocycles. The molecule has 1 aromatic rings. The normalized spacial score (nSPS) is 10.2. The molecule has 1 rings (SSSR count). The van der Waals surface area contributed by atoms with E-state index in [-0.39, 0.29) is 0 Å². The Bertz CT molecular complexity index is 356. The zero-order valence-corrected chi connectivity index (χ0v) is 9.53. The molecule has 1 aromatic carbocycles. The molecule has 15 heavy (non-hydrogen) atoms. The molecule has 0 bridgehead atoms. The van der Waals surface area contributed by atoms with Crippen molar-refractivity contribution in [2.75, 3.05) is 0 Å². The summed E-state index contributed by atoms with van der Waals surface area (Å²) in [6.45, 7) is 7.49. The van der Waals surface area contributed by atoms with E-state index in [1.54, 1.807) is 0 Å². The molecule has 0 aliphatic heterocycles. The summed E-state index contributed by atoms with van der Waals surface area (Å²) in [4.78, 5) is 19.9. The number of hydrogen-bond acceptors (Lipinski definition) is 3. The van der Waals surface area contributed by atoms with Gasteiger partial charge in [0, 0.05) is 6.92 Å². The molecule has 0 amide bonds. The Kier molecular flexibility index (Phi) is 3.72. The van der Waals surface area contributed by atoms with E-state index >= 15 is 0 Å². The molecule has 0 saturated carbocycles. The van der Waals surface area contributed by atoms with Gasteiger partial charge in [-0.15, -0.1) is 0 Å². The van der Waals surface area contributed by atoms with Crippen LogP contribution in [0.5, 0.6) is 5.75 Å². The van der Waals surface area contributed by atoms with Crippen molar-refractivity contribution in [3.05, 3.63) is 29.3 Å². The third-order valence-corrected chi connectivity index (χ3v) is 2.00. The second kappa shape index (κ2) is 4.82. The Morgan fingerprint density at radius 3 is 2.47 bits per heavy atom. The second-order valence-corrected chi connectivity index (χ2v) is 3.89. The van der Waals surface area contributed by atoms with Gasteiger partial charge in [0.2, 0.25) is 0 Å². The zero-order valence-electron chi connectivity index (χ0n) is 9.53. The molecule has 0 aliphatic rings. The van der Waals surface area contributed by atoms with Gasteiger partial charge in [0.05, 0.1) is 0 Å². The van der Waals surface area contributed by atoms with Crippen LogP contribution in [0.1, 0.15) is 37.8 Å². The number of hydrogen-bond donors (Lipinski definition) is 0. The Morgan fingerprint density at radius 2 is 1.93 bits per heavy atom. The van der Waals surface area contributed by atoms with Gasteiger partial charge in [0.1, 0.15) is 0 Å². The van der Waals surface area contributed by atoms with E-state index in [2.05, 4.69) is 24.8 Å². The van der Waals surface area contributed by atoms with Gasteiger partial charge in [0.15, 0.2) is 5.75 Å². The predicted molar refractivity (Wildman–Crippen MR) is 57.7 cm³/mol. The molecule has 0 heterocycles. The third kappa shape index (κ3) is 3.62. The number of rotatable bonds is 3. The molecule has 0 unspecified atom stereocenters. The lowest BCUT2D eigenvalue weighted by Gasteiger charge is -2.09. The van der Waals surface area contributed by atoms with Crippen molar-refractivity contribution in [1.29, 1.82) is 0 Å². The van der Waals surface area contributed by atoms with Crippen LogP contribution in [0.4, 0.5) is 0 Å². The Balaban J connectivity index is 2.84. The first-order valence-electron chi connectivity index (χ1n) is 4.95. The van der Waals surface area contributed by atoms with Gasteiger partial charge in [0.25, 0.3) is 0 Å². The lowest BCUT2D eigenvalue weighted by molar-refractivity contribution is -0.210. The number of benzene rings is 1. The molecule has 0 radical (unpaired) electrons. The van der Waals surface area contributed by atoms with Gasteiger partial charge < -0.3 is 0 Å². The quantitative estimate of drug-likeness (QED) is 0.566. The van der Waals surface area contributed by atoms with Crippen LogP contribution in [0.15, 0.2) is 18.2 Å². The summed E-state index contributed by atoms with van der Waals surface area (Å²) in [6.07, 6.45) is 0. The summed E-state index contributed by atoms with van der Waals surface area (Å²) in [7, 11) is 0. The maximum absolute atomic E-state index is 10.6. The summed E-state index contributed by atoms with van der Waals surface area (Å²) >= 11 is 0. The van der Waals surface area contributed by atoms with Gasteiger partial charge in [-0.3, -0.25) is 9.78 Å². The third-order valence-electron chi connectivity index (χ3n) is 2.00. The van der Waals surface area contributed by atoms with E-state index in [1.807, 2.05) is 19.1 Å². The number of carbonyl (C=O) groups excluding carboxylic acids is 1. The van der Waals surface area contributed by atoms with Crippen LogP contribution in [0.2, 0.25) is 0 Å². The molecule has 0 aliphatic carbocycles. The van der Waals surface area contributed by atoms with Crippen LogP contribution in [0.25, 0.3) is 0 Å². The van der Waals surface area contributed by atoms with Crippen LogP contribution in [-0.4, -0.2) is 5.97 Å². The standard InChI is InChI=1S/C12H16O3/c1-8(2)11-5-9(3)6-12(7-11)15-14-10(4)13/h5-8H,1-4H3. The molecule has 0 spiro atoms. The highest BCUT2D eigenvalue weighted by Crippen LogP contribution is 2.22. The molecule has 0 fully saturated rings. The van der Waals surface area contributed by atoms with Crippen molar-refractivity contribution in [2.45, 2.75) is 33.6 Å². The van der Waals surface area contributed by atoms with Gasteiger partial charge in [-0.05, 0) is 36.1 Å². The second-order valence-electron chi connectivity index (χ2n) is 3.89. The summed E-state index contributed by atoms with van der Waals surface area (Å²) < 4.78 is 0. The Morgan fingerprint density at radius 1 is 1.27 bits per heavy atom. The van der Waals surface area contributed by atoms with Crippen LogP contribution in [-0.2, 0) is 9.68 Å². The van der Waals surface area contributed by atoms with E-state index in [0.717, 1.165) is 11.1 Å². The minimum absolute atomic E-state index is 0.421. The Hall–Kier alpha value is -1.51. The fourth-order valence-electron chi connectivity index (χ4n) is 1.26. The zero-order chi connectivity index (χ0) is 11.4. The molecule has 0 N–H and O–H groups in total. The van der Waals surface area contributed by atoms with Crippen LogP contribution in [0, 0.1) is 6.92 Å². The van der Waals surface area contributed by atoms with E-state index < -0.39 is 5.97 Å². The molecular weight excluding hydrogens is 192 g/mol. The van der Waals surface area contributed by atoms with Crippen molar-refractivity contribution in [3.8, 4) is 5.75 Å². The summed E-state index contributed by atoms with van der Waals surface area (Å²) in [5.74, 6) is 0.529. The summed E-state index contributed by atoms with van der Waals surface area (Å²) in [5, 5.41) is 0. The smallest absolute Gasteiger partial charge is 0.287 e. The van der Waals surface area contributed by atoms with Crippen molar-refractivity contribution >= 4 is 5.97 Å². The predicted octanol–water partition coefficient (Wildman–Crippen LogP) is 2.98. The lowest BCUT2D eigenvalue weighted by atomic mass is 10.0. The molecule has 0 atom stereocenters. The van der Waals surface area contributed by atoms with Crippen molar-refractivity contribution in [3.63, 3.8) is 0 Å². The van der Waals surface area contributed by atoms with Crippen molar-refractivity contribution < 1.29 is 14.6 Å². The first-order valence-corrected chi connectivity index (χ1v) is 4.95. The lowest BCUT2D eigenvalue weighted by Crippen LogP contribution is -2.03. The minimum Gasteiger partial charge on any atom is -0.287 e. The van der Waals surface area contributed by atoms with E-state index in [9.17, 15) is 4.79 Å². The number of aryl methyl sites for hydroxylation is 1. The molecule has 3 heteroatoms. The molecular formula is C12H16O3. The van der Waals surface area contributed by atoms with E-state index in [4.69, 9.17) is 4.89 Å². The first kappa shape index (κ1) is 11.6. The van der Waals surface area contributed by atoms with Gasteiger partial charge in [-0.25, -0.2) is 4.79 Å². The van der Waals surface area contributed by atoms with Gasteiger partial charge >= 0.3 is 5.97 Å². The largest absolute Gasteiger partial charge is 0.352 e. The van der Waals surface area contributed by atoms with Gasteiger partial charge in [-0.1, -0.05) is 19.9 Å². The minimum atomic E-state index is -0.456. The maximum atomic E-state index is 10.6. The monoisotopic (exact) mass is 208 g/mol. The van der Waals surface area contributed by atoms with Crippen LogP contribution in [0.3, 0.4) is 0 Å². The van der Waals surface area contributed by atoms with E-state index in [1.165, 1.54) is 6.92 Å². The van der Waals surface area contributed by atoms with Crippen molar-refractivity contribution in [2.24, 2.45) is 0 Å². The maximum Gasteiger partial charge on any atom is 0.352 e. The fraction of sp³-hybridized carbons (Fsp3) is 0.417.